The van der Waals surface area contributed by atoms with E-state index in [9.17, 15) is 4.79 Å². The number of aromatic nitrogens is 2. The highest BCUT2D eigenvalue weighted by Gasteiger charge is 2.51. The van der Waals surface area contributed by atoms with E-state index in [1.807, 2.05) is 29.8 Å². The SMILES string of the molecule is Cc1c(C(=O)NC23CC4CC(CC(C4)C2)C3)nn(CCCCCO)c1-c1ccccc1. The monoisotopic (exact) mass is 421 g/mol. The number of rotatable bonds is 8. The van der Waals surface area contributed by atoms with Crippen LogP contribution in [0.4, 0.5) is 0 Å². The van der Waals surface area contributed by atoms with E-state index in [4.69, 9.17) is 10.2 Å². The van der Waals surface area contributed by atoms with Crippen LogP contribution in [0.2, 0.25) is 0 Å². The first-order valence-corrected chi connectivity index (χ1v) is 12.1. The summed E-state index contributed by atoms with van der Waals surface area (Å²) in [6, 6.07) is 10.3. The number of hydrogen-bond acceptors (Lipinski definition) is 3. The maximum absolute atomic E-state index is 13.5. The molecule has 166 valence electrons. The molecule has 0 spiro atoms. The summed E-state index contributed by atoms with van der Waals surface area (Å²) < 4.78 is 2.01. The molecule has 4 aliphatic carbocycles. The predicted molar refractivity (Wildman–Crippen MR) is 122 cm³/mol. The molecule has 0 atom stereocenters. The Balaban J connectivity index is 1.40. The normalized spacial score (nSPS) is 28.8. The molecule has 2 N–H and O–H groups in total. The molecule has 4 fully saturated rings. The lowest BCUT2D eigenvalue weighted by atomic mass is 9.53. The van der Waals surface area contributed by atoms with Crippen molar-refractivity contribution in [2.75, 3.05) is 6.61 Å². The summed E-state index contributed by atoms with van der Waals surface area (Å²) in [5, 5.41) is 17.4. The molecule has 4 aliphatic rings. The zero-order valence-corrected chi connectivity index (χ0v) is 18.6. The van der Waals surface area contributed by atoms with Gasteiger partial charge in [-0.15, -0.1) is 0 Å². The highest BCUT2D eigenvalue weighted by molar-refractivity contribution is 5.96. The molecule has 0 saturated heterocycles. The van der Waals surface area contributed by atoms with Gasteiger partial charge < -0.3 is 10.4 Å². The molecule has 1 amide bonds. The summed E-state index contributed by atoms with van der Waals surface area (Å²) in [6.07, 6.45) is 10.3. The summed E-state index contributed by atoms with van der Waals surface area (Å²) in [5.74, 6) is 2.41. The van der Waals surface area contributed by atoms with Crippen LogP contribution in [0.3, 0.4) is 0 Å². The second kappa shape index (κ2) is 8.42. The standard InChI is InChI=1S/C26H35N3O2/c1-18-23(25(31)27-26-15-19-12-20(16-26)14-21(13-19)17-26)28-29(10-6-3-7-11-30)24(18)22-8-4-2-5-9-22/h2,4-5,8-9,19-21,30H,3,6-7,10-17H2,1H3,(H,27,31). The van der Waals surface area contributed by atoms with Gasteiger partial charge in [-0.3, -0.25) is 9.48 Å². The average Bonchev–Trinajstić information content (AvgIpc) is 3.07. The van der Waals surface area contributed by atoms with Gasteiger partial charge in [0.25, 0.3) is 5.91 Å². The number of amides is 1. The third kappa shape index (κ3) is 4.05. The van der Waals surface area contributed by atoms with Crippen molar-refractivity contribution in [3.63, 3.8) is 0 Å². The molecule has 5 heteroatoms. The van der Waals surface area contributed by atoms with Crippen LogP contribution in [0.1, 0.15) is 73.8 Å². The van der Waals surface area contributed by atoms with Crippen molar-refractivity contribution in [2.45, 2.75) is 76.8 Å². The van der Waals surface area contributed by atoms with Crippen molar-refractivity contribution in [2.24, 2.45) is 17.8 Å². The minimum atomic E-state index is -0.00388. The van der Waals surface area contributed by atoms with Crippen LogP contribution in [0, 0.1) is 24.7 Å². The summed E-state index contributed by atoms with van der Waals surface area (Å²) >= 11 is 0. The number of nitrogens with one attached hydrogen (secondary N) is 1. The largest absolute Gasteiger partial charge is 0.396 e. The van der Waals surface area contributed by atoms with Crippen LogP contribution in [0.5, 0.6) is 0 Å². The van der Waals surface area contributed by atoms with Crippen LogP contribution in [-0.4, -0.2) is 32.9 Å². The Morgan fingerprint density at radius 1 is 1.06 bits per heavy atom. The van der Waals surface area contributed by atoms with Crippen molar-refractivity contribution < 1.29 is 9.90 Å². The number of benzene rings is 1. The third-order valence-corrected chi connectivity index (χ3v) is 7.90. The Morgan fingerprint density at radius 3 is 2.32 bits per heavy atom. The van der Waals surface area contributed by atoms with Crippen LogP contribution in [0.25, 0.3) is 11.3 Å². The van der Waals surface area contributed by atoms with Crippen molar-refractivity contribution in [1.29, 1.82) is 0 Å². The molecule has 0 aliphatic heterocycles. The van der Waals surface area contributed by atoms with Crippen LogP contribution >= 0.6 is 0 Å². The van der Waals surface area contributed by atoms with E-state index in [2.05, 4.69) is 17.4 Å². The Morgan fingerprint density at radius 2 is 1.71 bits per heavy atom. The highest BCUT2D eigenvalue weighted by atomic mass is 16.2. The predicted octanol–water partition coefficient (Wildman–Crippen LogP) is 4.72. The average molecular weight is 422 g/mol. The zero-order chi connectivity index (χ0) is 21.4. The van der Waals surface area contributed by atoms with Crippen molar-refractivity contribution in [1.82, 2.24) is 15.1 Å². The van der Waals surface area contributed by atoms with E-state index in [1.165, 1.54) is 19.3 Å². The van der Waals surface area contributed by atoms with Gasteiger partial charge in [0, 0.05) is 29.8 Å². The smallest absolute Gasteiger partial charge is 0.272 e. The van der Waals surface area contributed by atoms with E-state index in [1.54, 1.807) is 0 Å². The van der Waals surface area contributed by atoms with E-state index in [0.717, 1.165) is 79.6 Å². The molecule has 4 bridgehead atoms. The van der Waals surface area contributed by atoms with Crippen LogP contribution in [-0.2, 0) is 6.54 Å². The van der Waals surface area contributed by atoms with Gasteiger partial charge in [-0.05, 0) is 82.5 Å². The van der Waals surface area contributed by atoms with Crippen LogP contribution < -0.4 is 5.32 Å². The lowest BCUT2D eigenvalue weighted by Crippen LogP contribution is -2.59. The third-order valence-electron chi connectivity index (χ3n) is 7.90. The van der Waals surface area contributed by atoms with Crippen LogP contribution in [0.15, 0.2) is 30.3 Å². The van der Waals surface area contributed by atoms with Gasteiger partial charge in [-0.2, -0.15) is 5.10 Å². The molecule has 1 heterocycles. The molecule has 1 aromatic carbocycles. The molecule has 0 unspecified atom stereocenters. The number of aliphatic hydroxyl groups excluding tert-OH is 1. The Labute approximate surface area is 185 Å². The Kier molecular flexibility index (Phi) is 5.63. The van der Waals surface area contributed by atoms with Gasteiger partial charge >= 0.3 is 0 Å². The topological polar surface area (TPSA) is 67.2 Å². The van der Waals surface area contributed by atoms with Crippen molar-refractivity contribution in [3.8, 4) is 11.3 Å². The summed E-state index contributed by atoms with van der Waals surface area (Å²) in [5.41, 5.74) is 3.69. The number of hydrogen-bond donors (Lipinski definition) is 2. The fourth-order valence-corrected chi connectivity index (χ4v) is 7.00. The summed E-state index contributed by atoms with van der Waals surface area (Å²) in [6.45, 7) is 3.02. The lowest BCUT2D eigenvalue weighted by Gasteiger charge is -2.56. The zero-order valence-electron chi connectivity index (χ0n) is 18.6. The van der Waals surface area contributed by atoms with E-state index in [0.29, 0.717) is 5.69 Å². The molecule has 6 rings (SSSR count). The first-order valence-electron chi connectivity index (χ1n) is 12.1. The number of aryl methyl sites for hydroxylation is 1. The van der Waals surface area contributed by atoms with E-state index < -0.39 is 0 Å². The molecule has 4 saturated carbocycles. The maximum atomic E-state index is 13.5. The number of unbranched alkanes of at least 4 members (excludes halogenated alkanes) is 2. The van der Waals surface area contributed by atoms with Crippen molar-refractivity contribution in [3.05, 3.63) is 41.6 Å². The summed E-state index contributed by atoms with van der Waals surface area (Å²) in [7, 11) is 0. The summed E-state index contributed by atoms with van der Waals surface area (Å²) in [4.78, 5) is 13.5. The highest BCUT2D eigenvalue weighted by Crippen LogP contribution is 2.55. The minimum absolute atomic E-state index is 0.00388. The number of carbonyl (C=O) groups is 1. The first-order chi connectivity index (χ1) is 15.1. The number of aliphatic hydroxyl groups is 1. The quantitative estimate of drug-likeness (QED) is 0.606. The molecular weight excluding hydrogens is 386 g/mol. The molecule has 2 aromatic rings. The first kappa shape index (κ1) is 20.7. The second-order valence-electron chi connectivity index (χ2n) is 10.3. The molecular formula is C26H35N3O2. The second-order valence-corrected chi connectivity index (χ2v) is 10.3. The van der Waals surface area contributed by atoms with Gasteiger partial charge in [0.05, 0.1) is 5.69 Å². The van der Waals surface area contributed by atoms with E-state index in [-0.39, 0.29) is 18.1 Å². The minimum Gasteiger partial charge on any atom is -0.396 e. The Hall–Kier alpha value is -2.14. The lowest BCUT2D eigenvalue weighted by molar-refractivity contribution is -0.0168. The van der Waals surface area contributed by atoms with Gasteiger partial charge in [0.1, 0.15) is 0 Å². The van der Waals surface area contributed by atoms with Gasteiger partial charge in [0.2, 0.25) is 0 Å². The van der Waals surface area contributed by atoms with Gasteiger partial charge in [-0.1, -0.05) is 30.3 Å². The van der Waals surface area contributed by atoms with Gasteiger partial charge in [-0.25, -0.2) is 0 Å². The molecule has 5 nitrogen and oxygen atoms in total. The fourth-order valence-electron chi connectivity index (χ4n) is 7.00. The Bertz CT molecular complexity index is 898. The molecule has 31 heavy (non-hydrogen) atoms. The van der Waals surface area contributed by atoms with Crippen molar-refractivity contribution >= 4 is 5.91 Å². The number of carbonyl (C=O) groups excluding carboxylic acids is 1. The molecule has 1 aromatic heterocycles. The fraction of sp³-hybridized carbons (Fsp3) is 0.615. The van der Waals surface area contributed by atoms with Gasteiger partial charge in [0.15, 0.2) is 5.69 Å². The van der Waals surface area contributed by atoms with E-state index >= 15 is 0 Å². The number of nitrogens with zero attached hydrogens (tertiary/aromatic N) is 2. The molecule has 0 radical (unpaired) electrons. The maximum Gasteiger partial charge on any atom is 0.272 e.